The predicted molar refractivity (Wildman–Crippen MR) is 83.6 cm³/mol. The van der Waals surface area contributed by atoms with E-state index < -0.39 is 11.0 Å². The summed E-state index contributed by atoms with van der Waals surface area (Å²) in [5, 5.41) is 0.530. The van der Waals surface area contributed by atoms with Crippen molar-refractivity contribution in [1.82, 2.24) is 0 Å². The molecule has 5 nitrogen and oxygen atoms in total. The van der Waals surface area contributed by atoms with Crippen molar-refractivity contribution in [3.8, 4) is 0 Å². The van der Waals surface area contributed by atoms with Gasteiger partial charge in [0.2, 0.25) is 5.91 Å². The molecule has 8 heteroatoms. The Balaban J connectivity index is 2.94. The lowest BCUT2D eigenvalue weighted by Crippen LogP contribution is -2.31. The van der Waals surface area contributed by atoms with Gasteiger partial charge in [-0.05, 0) is 29.8 Å². The smallest absolute Gasteiger partial charge is 0.205 e. The molecular weight excluding hydrogens is 249 g/mol. The molecule has 0 heterocycles. The van der Waals surface area contributed by atoms with Gasteiger partial charge >= 0.3 is 0 Å². The van der Waals surface area contributed by atoms with Crippen molar-refractivity contribution in [2.24, 2.45) is 17.2 Å². The highest BCUT2D eigenvalue weighted by Gasteiger charge is 2.19. The predicted octanol–water partition coefficient (Wildman–Crippen LogP) is -0.737. The summed E-state index contributed by atoms with van der Waals surface area (Å²) in [6.07, 6.45) is 3.01. The third kappa shape index (κ3) is 4.80. The van der Waals surface area contributed by atoms with Crippen LogP contribution in [0.4, 0.5) is 5.69 Å². The molecule has 0 atom stereocenters. The van der Waals surface area contributed by atoms with Crippen molar-refractivity contribution in [2.75, 3.05) is 5.32 Å². The van der Waals surface area contributed by atoms with Gasteiger partial charge in [0, 0.05) is 11.4 Å². The molecule has 0 saturated carbocycles. The van der Waals surface area contributed by atoms with Crippen LogP contribution < -0.4 is 22.5 Å². The van der Waals surface area contributed by atoms with Gasteiger partial charge in [0.25, 0.3) is 0 Å². The molecule has 1 rings (SSSR count). The molecule has 1 aromatic rings. The highest BCUT2D eigenvalue weighted by atomic mass is 16.1. The van der Waals surface area contributed by atoms with Crippen LogP contribution in [0.25, 0.3) is 5.70 Å². The summed E-state index contributed by atoms with van der Waals surface area (Å²) in [7, 11) is 15.8. The Kier molecular flexibility index (Phi) is 4.97. The normalized spacial score (nSPS) is 11.7. The number of rotatable bonds is 4. The Labute approximate surface area is 121 Å². The van der Waals surface area contributed by atoms with Crippen molar-refractivity contribution >= 4 is 40.8 Å². The summed E-state index contributed by atoms with van der Waals surface area (Å²) in [6, 6.07) is 6.73. The minimum absolute atomic E-state index is 0.136. The highest BCUT2D eigenvalue weighted by molar-refractivity contribution is 6.69. The van der Waals surface area contributed by atoms with Gasteiger partial charge in [-0.15, -0.1) is 0 Å². The van der Waals surface area contributed by atoms with Gasteiger partial charge in [-0.2, -0.15) is 0 Å². The zero-order chi connectivity index (χ0) is 15.3. The zero-order valence-electron chi connectivity index (χ0n) is 10.8. The maximum absolute atomic E-state index is 11.6. The number of nitrogens with one attached hydrogen (secondary N) is 1. The third-order valence-electron chi connectivity index (χ3n) is 2.30. The Bertz CT molecular complexity index is 560. The van der Waals surface area contributed by atoms with Crippen molar-refractivity contribution in [1.29, 1.82) is 0 Å². The third-order valence-corrected chi connectivity index (χ3v) is 2.30. The number of allylic oxidation sites excluding steroid dienone is 2. The first-order chi connectivity index (χ1) is 9.20. The van der Waals surface area contributed by atoms with E-state index in [2.05, 4.69) is 5.32 Å². The molecule has 0 saturated heterocycles. The van der Waals surface area contributed by atoms with Gasteiger partial charge in [0.1, 0.15) is 0 Å². The molecule has 0 unspecified atom stereocenters. The number of hydrogen-bond acceptors (Lipinski definition) is 4. The number of anilines is 1. The number of nitrogens with two attached hydrogens (primary N) is 3. The Morgan fingerprint density at radius 1 is 1.15 bits per heavy atom. The minimum Gasteiger partial charge on any atom is -0.398 e. The van der Waals surface area contributed by atoms with Gasteiger partial charge in [-0.3, -0.25) is 4.79 Å². The lowest BCUT2D eigenvalue weighted by Gasteiger charge is -2.19. The largest absolute Gasteiger partial charge is 0.398 e. The van der Waals surface area contributed by atoms with E-state index in [-0.39, 0.29) is 5.82 Å². The van der Waals surface area contributed by atoms with Crippen LogP contribution in [0.2, 0.25) is 5.11 Å². The van der Waals surface area contributed by atoms with E-state index in [0.29, 0.717) is 16.9 Å². The molecule has 0 spiro atoms. The molecule has 1 aromatic carbocycles. The molecule has 0 aromatic heterocycles. The molecule has 0 aliphatic carbocycles. The first kappa shape index (κ1) is 15.8. The molecule has 20 heavy (non-hydrogen) atoms. The molecule has 0 aliphatic rings. The number of hydrogen-bond donors (Lipinski definition) is 4. The average Bonchev–Trinajstić information content (AvgIpc) is 2.35. The fourth-order valence-electron chi connectivity index (χ4n) is 1.30. The van der Waals surface area contributed by atoms with Crippen molar-refractivity contribution < 1.29 is 4.79 Å². The van der Waals surface area contributed by atoms with Crippen LogP contribution in [0.3, 0.4) is 0 Å². The Morgan fingerprint density at radius 3 is 2.35 bits per heavy atom. The van der Waals surface area contributed by atoms with Crippen molar-refractivity contribution in [3.63, 3.8) is 0 Å². The SMILES string of the molecule is [B]C([B])([B])C(=O)Nc1cccc(/C(N)=C/C=C(N)N)c1. The van der Waals surface area contributed by atoms with Crippen LogP contribution in [0.15, 0.2) is 42.2 Å². The lowest BCUT2D eigenvalue weighted by molar-refractivity contribution is -0.115. The number of carbonyl (C=O) groups is 1. The van der Waals surface area contributed by atoms with E-state index >= 15 is 0 Å². The summed E-state index contributed by atoms with van der Waals surface area (Å²) in [5.74, 6) is -0.583. The molecule has 0 bridgehead atoms. The topological polar surface area (TPSA) is 107 Å². The number of amides is 1. The van der Waals surface area contributed by atoms with Gasteiger partial charge in [0.15, 0.2) is 0 Å². The second-order valence-corrected chi connectivity index (χ2v) is 4.26. The van der Waals surface area contributed by atoms with Gasteiger partial charge in [-0.25, -0.2) is 0 Å². The van der Waals surface area contributed by atoms with Gasteiger partial charge < -0.3 is 22.5 Å². The Morgan fingerprint density at radius 2 is 1.80 bits per heavy atom. The lowest BCUT2D eigenvalue weighted by atomic mass is 9.42. The van der Waals surface area contributed by atoms with E-state index in [1.54, 1.807) is 30.3 Å². The highest BCUT2D eigenvalue weighted by Crippen LogP contribution is 2.18. The second kappa shape index (κ2) is 6.28. The van der Waals surface area contributed by atoms with Crippen LogP contribution in [-0.2, 0) is 4.79 Å². The first-order valence-corrected chi connectivity index (χ1v) is 5.67. The zero-order valence-corrected chi connectivity index (χ0v) is 10.8. The summed E-state index contributed by atoms with van der Waals surface area (Å²) < 4.78 is 0. The van der Waals surface area contributed by atoms with Gasteiger partial charge in [-0.1, -0.05) is 17.2 Å². The quantitative estimate of drug-likeness (QED) is 0.423. The monoisotopic (exact) mass is 262 g/mol. The summed E-state index contributed by atoms with van der Waals surface area (Å²) >= 11 is 0. The summed E-state index contributed by atoms with van der Waals surface area (Å²) in [4.78, 5) is 11.6. The van der Waals surface area contributed by atoms with E-state index in [0.717, 1.165) is 0 Å². The average molecular weight is 262 g/mol. The van der Waals surface area contributed by atoms with E-state index in [4.69, 9.17) is 40.7 Å². The molecule has 96 valence electrons. The van der Waals surface area contributed by atoms with Crippen LogP contribution in [-0.4, -0.2) is 29.4 Å². The van der Waals surface area contributed by atoms with Crippen LogP contribution in [0.1, 0.15) is 5.56 Å². The van der Waals surface area contributed by atoms with Crippen molar-refractivity contribution in [3.05, 3.63) is 47.8 Å². The first-order valence-electron chi connectivity index (χ1n) is 5.67. The molecule has 0 fully saturated rings. The minimum atomic E-state index is -1.95. The summed E-state index contributed by atoms with van der Waals surface area (Å²) in [6.45, 7) is 0. The Hall–Kier alpha value is -2.24. The number of carbonyl (C=O) groups excluding carboxylic acids is 1. The standard InChI is InChI=1S/C12H13B3N4O/c13-12(14,15)11(20)19-8-3-1-2-7(6-8)9(16)4-5-10(17)18/h1-6H,16-18H2,(H,19,20)/b9-4-. The second-order valence-electron chi connectivity index (χ2n) is 4.26. The van der Waals surface area contributed by atoms with E-state index in [1.165, 1.54) is 6.08 Å². The van der Waals surface area contributed by atoms with E-state index in [9.17, 15) is 4.79 Å². The fraction of sp³-hybridized carbons (Fsp3) is 0.0833. The maximum Gasteiger partial charge on any atom is 0.205 e. The fourth-order valence-corrected chi connectivity index (χ4v) is 1.30. The van der Waals surface area contributed by atoms with Crippen LogP contribution >= 0.6 is 0 Å². The van der Waals surface area contributed by atoms with Gasteiger partial charge in [0.05, 0.1) is 29.4 Å². The van der Waals surface area contributed by atoms with Crippen molar-refractivity contribution in [2.45, 2.75) is 5.11 Å². The molecule has 6 radical (unpaired) electrons. The van der Waals surface area contributed by atoms with E-state index in [1.807, 2.05) is 0 Å². The van der Waals surface area contributed by atoms with Crippen LogP contribution in [0.5, 0.6) is 0 Å². The molecule has 7 N–H and O–H groups in total. The molecular formula is C12H13B3N4O. The molecule has 1 amide bonds. The maximum atomic E-state index is 11.6. The van der Waals surface area contributed by atoms with Crippen LogP contribution in [0, 0.1) is 0 Å². The molecule has 0 aliphatic heterocycles. The number of benzene rings is 1. The summed E-state index contributed by atoms with van der Waals surface area (Å²) in [5.41, 5.74) is 18.0.